The summed E-state index contributed by atoms with van der Waals surface area (Å²) in [4.78, 5) is 0. The molecule has 0 spiro atoms. The van der Waals surface area contributed by atoms with Crippen LogP contribution in [0.4, 0.5) is 0 Å². The Balaban J connectivity index is 2.74. The van der Waals surface area contributed by atoms with Crippen LogP contribution in [0.5, 0.6) is 5.75 Å². The van der Waals surface area contributed by atoms with Gasteiger partial charge in [0.1, 0.15) is 5.75 Å². The van der Waals surface area contributed by atoms with Gasteiger partial charge in [0.25, 0.3) is 0 Å². The van der Waals surface area contributed by atoms with Crippen LogP contribution in [0.2, 0.25) is 0 Å². The van der Waals surface area contributed by atoms with Gasteiger partial charge < -0.3 is 9.76 Å². The van der Waals surface area contributed by atoms with E-state index in [1.165, 1.54) is 0 Å². The Kier molecular flexibility index (Phi) is 2.99. The third kappa shape index (κ3) is 2.28. The summed E-state index contributed by atoms with van der Waals surface area (Å²) in [7, 11) is 0.0704. The molecule has 0 heterocycles. The molecule has 1 aromatic carbocycles. The second-order valence-corrected chi connectivity index (χ2v) is 2.24. The molecule has 0 bridgehead atoms. The fourth-order valence-electron chi connectivity index (χ4n) is 0.900. The standard InChI is InChI=1S/C8H11BO2/c1-2-11-8-5-3-4-7(6-8)9-10/h3-6,9-10H,2H2,1H3. The van der Waals surface area contributed by atoms with Crippen molar-refractivity contribution in [3.8, 4) is 5.75 Å². The van der Waals surface area contributed by atoms with Crippen LogP contribution in [-0.4, -0.2) is 19.1 Å². The molecule has 0 aliphatic heterocycles. The first-order chi connectivity index (χ1) is 5.36. The molecular formula is C8H11BO2. The SMILES string of the molecule is CCOc1cccc(BO)c1. The van der Waals surface area contributed by atoms with Crippen molar-refractivity contribution < 1.29 is 9.76 Å². The van der Waals surface area contributed by atoms with E-state index in [4.69, 9.17) is 9.76 Å². The molecule has 2 nitrogen and oxygen atoms in total. The second kappa shape index (κ2) is 4.03. The van der Waals surface area contributed by atoms with Gasteiger partial charge in [0.2, 0.25) is 0 Å². The van der Waals surface area contributed by atoms with Crippen LogP contribution in [0.15, 0.2) is 24.3 Å². The van der Waals surface area contributed by atoms with E-state index in [0.29, 0.717) is 6.61 Å². The first kappa shape index (κ1) is 8.14. The van der Waals surface area contributed by atoms with Crippen LogP contribution in [0.3, 0.4) is 0 Å². The van der Waals surface area contributed by atoms with Gasteiger partial charge in [0, 0.05) is 0 Å². The summed E-state index contributed by atoms with van der Waals surface area (Å²) in [6.45, 7) is 2.60. The van der Waals surface area contributed by atoms with E-state index in [2.05, 4.69) is 0 Å². The van der Waals surface area contributed by atoms with Gasteiger partial charge in [-0.05, 0) is 24.5 Å². The van der Waals surface area contributed by atoms with Gasteiger partial charge in [-0.2, -0.15) is 0 Å². The second-order valence-electron chi connectivity index (χ2n) is 2.24. The molecule has 0 fully saturated rings. The zero-order valence-corrected chi connectivity index (χ0v) is 6.58. The molecule has 0 unspecified atom stereocenters. The summed E-state index contributed by atoms with van der Waals surface area (Å²) >= 11 is 0. The van der Waals surface area contributed by atoms with Gasteiger partial charge >= 0.3 is 7.48 Å². The fourth-order valence-corrected chi connectivity index (χ4v) is 0.900. The van der Waals surface area contributed by atoms with E-state index < -0.39 is 0 Å². The molecular weight excluding hydrogens is 139 g/mol. The number of ether oxygens (including phenoxy) is 1. The summed E-state index contributed by atoms with van der Waals surface area (Å²) in [5, 5.41) is 8.77. The molecule has 0 saturated heterocycles. The highest BCUT2D eigenvalue weighted by Gasteiger charge is 1.94. The Hall–Kier alpha value is -0.955. The first-order valence-electron chi connectivity index (χ1n) is 3.69. The van der Waals surface area contributed by atoms with Gasteiger partial charge in [0.15, 0.2) is 0 Å². The molecule has 0 aliphatic rings. The summed E-state index contributed by atoms with van der Waals surface area (Å²) in [5.41, 5.74) is 0.885. The van der Waals surface area contributed by atoms with Crippen LogP contribution < -0.4 is 10.2 Å². The van der Waals surface area contributed by atoms with Crippen LogP contribution >= 0.6 is 0 Å². The Bertz CT molecular complexity index is 225. The average molecular weight is 150 g/mol. The number of rotatable bonds is 3. The highest BCUT2D eigenvalue weighted by Crippen LogP contribution is 2.05. The number of hydrogen-bond acceptors (Lipinski definition) is 2. The summed E-state index contributed by atoms with van der Waals surface area (Å²) in [6.07, 6.45) is 0. The third-order valence-electron chi connectivity index (χ3n) is 1.39. The van der Waals surface area contributed by atoms with Crippen molar-refractivity contribution >= 4 is 12.9 Å². The van der Waals surface area contributed by atoms with Crippen molar-refractivity contribution in [2.45, 2.75) is 6.92 Å². The van der Waals surface area contributed by atoms with Gasteiger partial charge in [-0.15, -0.1) is 0 Å². The predicted molar refractivity (Wildman–Crippen MR) is 46.6 cm³/mol. The summed E-state index contributed by atoms with van der Waals surface area (Å²) in [5.74, 6) is 0.819. The average Bonchev–Trinajstić information content (AvgIpc) is 2.06. The van der Waals surface area contributed by atoms with E-state index >= 15 is 0 Å². The van der Waals surface area contributed by atoms with Crippen LogP contribution in [0.25, 0.3) is 0 Å². The topological polar surface area (TPSA) is 29.5 Å². The van der Waals surface area contributed by atoms with E-state index in [9.17, 15) is 0 Å². The minimum absolute atomic E-state index is 0.0704. The Morgan fingerprint density at radius 1 is 1.55 bits per heavy atom. The van der Waals surface area contributed by atoms with E-state index in [-0.39, 0.29) is 7.48 Å². The normalized spacial score (nSPS) is 9.27. The van der Waals surface area contributed by atoms with Crippen LogP contribution in [0.1, 0.15) is 6.92 Å². The highest BCUT2D eigenvalue weighted by molar-refractivity contribution is 6.45. The van der Waals surface area contributed by atoms with Gasteiger partial charge in [0.05, 0.1) is 6.61 Å². The molecule has 0 radical (unpaired) electrons. The third-order valence-corrected chi connectivity index (χ3v) is 1.39. The van der Waals surface area contributed by atoms with Crippen LogP contribution in [-0.2, 0) is 0 Å². The van der Waals surface area contributed by atoms with E-state index in [1.54, 1.807) is 0 Å². The van der Waals surface area contributed by atoms with Gasteiger partial charge in [-0.3, -0.25) is 0 Å². The predicted octanol–water partition coefficient (Wildman–Crippen LogP) is 0.0544. The van der Waals surface area contributed by atoms with E-state index in [0.717, 1.165) is 11.2 Å². The fraction of sp³-hybridized carbons (Fsp3) is 0.250. The molecule has 1 aromatic rings. The zero-order valence-electron chi connectivity index (χ0n) is 6.58. The largest absolute Gasteiger partial charge is 0.494 e. The summed E-state index contributed by atoms with van der Waals surface area (Å²) in [6, 6.07) is 7.45. The smallest absolute Gasteiger partial charge is 0.304 e. The Morgan fingerprint density at radius 3 is 3.00 bits per heavy atom. The monoisotopic (exact) mass is 150 g/mol. The Labute approximate surface area is 67.1 Å². The number of benzene rings is 1. The molecule has 1 N–H and O–H groups in total. The molecule has 11 heavy (non-hydrogen) atoms. The quantitative estimate of drug-likeness (QED) is 0.617. The maximum Gasteiger partial charge on any atom is 0.304 e. The van der Waals surface area contributed by atoms with Crippen LogP contribution in [0, 0.1) is 0 Å². The molecule has 0 saturated carbocycles. The maximum atomic E-state index is 8.77. The minimum atomic E-state index is 0.0704. The van der Waals surface area contributed by atoms with Crippen molar-refractivity contribution in [1.29, 1.82) is 0 Å². The van der Waals surface area contributed by atoms with Crippen molar-refractivity contribution in [1.82, 2.24) is 0 Å². The number of hydrogen-bond donors (Lipinski definition) is 1. The lowest BCUT2D eigenvalue weighted by Gasteiger charge is -2.02. The lowest BCUT2D eigenvalue weighted by Crippen LogP contribution is -2.12. The van der Waals surface area contributed by atoms with E-state index in [1.807, 2.05) is 31.2 Å². The van der Waals surface area contributed by atoms with Crippen molar-refractivity contribution in [2.24, 2.45) is 0 Å². The molecule has 1 rings (SSSR count). The molecule has 58 valence electrons. The van der Waals surface area contributed by atoms with Crippen molar-refractivity contribution in [3.63, 3.8) is 0 Å². The molecule has 0 atom stereocenters. The molecule has 0 aromatic heterocycles. The lowest BCUT2D eigenvalue weighted by atomic mass is 9.89. The Morgan fingerprint density at radius 2 is 2.36 bits per heavy atom. The van der Waals surface area contributed by atoms with Gasteiger partial charge in [-0.1, -0.05) is 12.1 Å². The van der Waals surface area contributed by atoms with Gasteiger partial charge in [-0.25, -0.2) is 0 Å². The molecule has 0 amide bonds. The first-order valence-corrected chi connectivity index (χ1v) is 3.69. The summed E-state index contributed by atoms with van der Waals surface area (Å²) < 4.78 is 5.24. The minimum Gasteiger partial charge on any atom is -0.494 e. The molecule has 0 aliphatic carbocycles. The van der Waals surface area contributed by atoms with Crippen molar-refractivity contribution in [2.75, 3.05) is 6.61 Å². The highest BCUT2D eigenvalue weighted by atomic mass is 16.5. The molecule has 3 heteroatoms. The zero-order chi connectivity index (χ0) is 8.10. The lowest BCUT2D eigenvalue weighted by molar-refractivity contribution is 0.340. The maximum absolute atomic E-state index is 8.77. The van der Waals surface area contributed by atoms with Crippen molar-refractivity contribution in [3.05, 3.63) is 24.3 Å².